The quantitative estimate of drug-likeness (QED) is 0.357. The molecule has 2 aromatic carbocycles. The Balaban J connectivity index is 1.91. The molecule has 3 rings (SSSR count). The Morgan fingerprint density at radius 3 is 2.52 bits per heavy atom. The fourth-order valence-electron chi connectivity index (χ4n) is 3.68. The van der Waals surface area contributed by atoms with E-state index in [1.54, 1.807) is 6.92 Å². The number of esters is 2. The lowest BCUT2D eigenvalue weighted by Gasteiger charge is -2.28. The van der Waals surface area contributed by atoms with Crippen molar-refractivity contribution < 1.29 is 29.0 Å². The van der Waals surface area contributed by atoms with Gasteiger partial charge >= 0.3 is 11.9 Å². The van der Waals surface area contributed by atoms with Crippen molar-refractivity contribution in [1.82, 2.24) is 9.88 Å². The van der Waals surface area contributed by atoms with Crippen molar-refractivity contribution in [1.29, 1.82) is 0 Å². The zero-order chi connectivity index (χ0) is 24.0. The van der Waals surface area contributed by atoms with Gasteiger partial charge in [0.25, 0.3) is 0 Å². The molecule has 1 heterocycles. The largest absolute Gasteiger partial charge is 0.506 e. The van der Waals surface area contributed by atoms with Crippen molar-refractivity contribution in [2.24, 2.45) is 0 Å². The van der Waals surface area contributed by atoms with E-state index >= 15 is 0 Å². The summed E-state index contributed by atoms with van der Waals surface area (Å²) in [5, 5.41) is 10.7. The Bertz CT molecular complexity index is 1140. The number of methoxy groups -OCH3 is 1. The monoisotopic (exact) mass is 452 g/mol. The number of carbonyl (C=O) groups is 3. The van der Waals surface area contributed by atoms with E-state index in [2.05, 4.69) is 4.98 Å². The fourth-order valence-corrected chi connectivity index (χ4v) is 3.68. The fraction of sp³-hybridized carbons (Fsp3) is 0.320. The van der Waals surface area contributed by atoms with Crippen molar-refractivity contribution in [3.63, 3.8) is 0 Å². The zero-order valence-corrected chi connectivity index (χ0v) is 19.0. The van der Waals surface area contributed by atoms with Crippen LogP contribution in [0.1, 0.15) is 46.7 Å². The van der Waals surface area contributed by atoms with E-state index in [-0.39, 0.29) is 48.8 Å². The van der Waals surface area contributed by atoms with Gasteiger partial charge < -0.3 is 19.6 Å². The minimum Gasteiger partial charge on any atom is -0.506 e. The van der Waals surface area contributed by atoms with Crippen LogP contribution in [0.25, 0.3) is 10.9 Å². The molecule has 0 aliphatic carbocycles. The second kappa shape index (κ2) is 10.8. The van der Waals surface area contributed by atoms with Gasteiger partial charge in [0, 0.05) is 23.5 Å². The molecule has 0 aliphatic rings. The van der Waals surface area contributed by atoms with Gasteiger partial charge in [-0.25, -0.2) is 4.79 Å². The minimum atomic E-state index is -0.566. The van der Waals surface area contributed by atoms with E-state index in [9.17, 15) is 19.5 Å². The SMILES string of the molecule is CCOC(=O)c1cc2c(C(=O)CN(Cc3ccccc3)C(C)CC(=O)OC)ccc(O)c2[nH]1. The summed E-state index contributed by atoms with van der Waals surface area (Å²) in [6.45, 7) is 4.27. The van der Waals surface area contributed by atoms with E-state index in [4.69, 9.17) is 9.47 Å². The summed E-state index contributed by atoms with van der Waals surface area (Å²) < 4.78 is 9.82. The first-order chi connectivity index (χ1) is 15.8. The van der Waals surface area contributed by atoms with Gasteiger partial charge in [0.15, 0.2) is 5.78 Å². The van der Waals surface area contributed by atoms with Crippen LogP contribution in [-0.2, 0) is 20.8 Å². The highest BCUT2D eigenvalue weighted by Gasteiger charge is 2.24. The molecule has 0 radical (unpaired) electrons. The van der Waals surface area contributed by atoms with Crippen LogP contribution in [-0.4, -0.2) is 59.0 Å². The number of nitrogens with one attached hydrogen (secondary N) is 1. The van der Waals surface area contributed by atoms with E-state index in [1.807, 2.05) is 42.2 Å². The van der Waals surface area contributed by atoms with E-state index in [1.165, 1.54) is 25.3 Å². The number of carbonyl (C=O) groups excluding carboxylic acids is 3. The van der Waals surface area contributed by atoms with Gasteiger partial charge in [-0.2, -0.15) is 0 Å². The molecule has 0 aliphatic heterocycles. The molecule has 0 bridgehead atoms. The Morgan fingerprint density at radius 2 is 1.85 bits per heavy atom. The molecule has 0 fully saturated rings. The van der Waals surface area contributed by atoms with Crippen molar-refractivity contribution in [3.05, 3.63) is 65.4 Å². The molecule has 1 atom stereocenters. The van der Waals surface area contributed by atoms with Crippen molar-refractivity contribution in [2.45, 2.75) is 32.9 Å². The average Bonchev–Trinajstić information content (AvgIpc) is 3.26. The van der Waals surface area contributed by atoms with Gasteiger partial charge in [0.05, 0.1) is 32.2 Å². The maximum Gasteiger partial charge on any atom is 0.354 e. The molecule has 1 unspecified atom stereocenters. The third kappa shape index (κ3) is 5.78. The van der Waals surface area contributed by atoms with Crippen LogP contribution >= 0.6 is 0 Å². The zero-order valence-electron chi connectivity index (χ0n) is 19.0. The predicted octanol–water partition coefficient (Wildman–Crippen LogP) is 3.69. The number of phenolic OH excluding ortho intramolecular Hbond substituents is 1. The molecule has 0 saturated heterocycles. The standard InChI is InChI=1S/C25H28N2O6/c1-4-33-25(31)20-13-19-18(10-11-21(28)24(19)26-20)22(29)15-27(16(2)12-23(30)32-3)14-17-8-6-5-7-9-17/h5-11,13,16,26,28H,4,12,14-15H2,1-3H3. The minimum absolute atomic E-state index is 0.0346. The Labute approximate surface area is 192 Å². The van der Waals surface area contributed by atoms with Gasteiger partial charge in [-0.3, -0.25) is 14.5 Å². The number of ketones is 1. The van der Waals surface area contributed by atoms with Crippen LogP contribution in [0, 0.1) is 0 Å². The normalized spacial score (nSPS) is 12.0. The van der Waals surface area contributed by atoms with Crippen molar-refractivity contribution in [3.8, 4) is 5.75 Å². The topological polar surface area (TPSA) is 109 Å². The number of Topliss-reactive ketones (excluding diaryl/α,β-unsaturated/α-hetero) is 1. The molecule has 2 N–H and O–H groups in total. The lowest BCUT2D eigenvalue weighted by Crippen LogP contribution is -2.38. The number of aromatic amines is 1. The van der Waals surface area contributed by atoms with Crippen LogP contribution in [0.15, 0.2) is 48.5 Å². The number of fused-ring (bicyclic) bond motifs is 1. The summed E-state index contributed by atoms with van der Waals surface area (Å²) >= 11 is 0. The summed E-state index contributed by atoms with van der Waals surface area (Å²) in [6, 6.07) is 13.9. The number of aromatic hydroxyl groups is 1. The average molecular weight is 453 g/mol. The number of hydrogen-bond acceptors (Lipinski definition) is 7. The van der Waals surface area contributed by atoms with Crippen LogP contribution in [0.5, 0.6) is 5.75 Å². The Hall–Kier alpha value is -3.65. The van der Waals surface area contributed by atoms with Gasteiger partial charge in [-0.1, -0.05) is 30.3 Å². The van der Waals surface area contributed by atoms with Gasteiger partial charge in [0.2, 0.25) is 0 Å². The summed E-state index contributed by atoms with van der Waals surface area (Å²) in [5.74, 6) is -1.20. The molecular weight excluding hydrogens is 424 g/mol. The van der Waals surface area contributed by atoms with E-state index < -0.39 is 5.97 Å². The lowest BCUT2D eigenvalue weighted by molar-refractivity contribution is -0.141. The second-order valence-corrected chi connectivity index (χ2v) is 7.77. The molecule has 33 heavy (non-hydrogen) atoms. The summed E-state index contributed by atoms with van der Waals surface area (Å²) in [5.41, 5.74) is 1.81. The third-order valence-electron chi connectivity index (χ3n) is 5.46. The first kappa shape index (κ1) is 24.0. The number of aromatic nitrogens is 1. The predicted molar refractivity (Wildman–Crippen MR) is 123 cm³/mol. The van der Waals surface area contributed by atoms with Crippen LogP contribution in [0.4, 0.5) is 0 Å². The van der Waals surface area contributed by atoms with E-state index in [0.717, 1.165) is 5.56 Å². The first-order valence-corrected chi connectivity index (χ1v) is 10.7. The number of benzene rings is 2. The first-order valence-electron chi connectivity index (χ1n) is 10.7. The number of hydrogen-bond donors (Lipinski definition) is 2. The molecule has 1 aromatic heterocycles. The Kier molecular flexibility index (Phi) is 7.84. The molecule has 3 aromatic rings. The van der Waals surface area contributed by atoms with E-state index in [0.29, 0.717) is 23.0 Å². The molecule has 0 amide bonds. The van der Waals surface area contributed by atoms with Gasteiger partial charge in [-0.15, -0.1) is 0 Å². The van der Waals surface area contributed by atoms with Crippen LogP contribution in [0.3, 0.4) is 0 Å². The number of phenols is 1. The highest BCUT2D eigenvalue weighted by atomic mass is 16.5. The van der Waals surface area contributed by atoms with Gasteiger partial charge in [-0.05, 0) is 37.6 Å². The highest BCUT2D eigenvalue weighted by molar-refractivity contribution is 6.11. The number of nitrogens with zero attached hydrogens (tertiary/aromatic N) is 1. The van der Waals surface area contributed by atoms with Gasteiger partial charge in [0.1, 0.15) is 11.4 Å². The number of H-pyrrole nitrogens is 1. The maximum atomic E-state index is 13.4. The molecule has 0 spiro atoms. The number of ether oxygens (including phenoxy) is 2. The summed E-state index contributed by atoms with van der Waals surface area (Å²) in [7, 11) is 1.34. The van der Waals surface area contributed by atoms with Crippen LogP contribution < -0.4 is 0 Å². The highest BCUT2D eigenvalue weighted by Crippen LogP contribution is 2.29. The lowest BCUT2D eigenvalue weighted by atomic mass is 10.0. The summed E-state index contributed by atoms with van der Waals surface area (Å²) in [6.07, 6.45) is 0.138. The second-order valence-electron chi connectivity index (χ2n) is 7.77. The number of rotatable bonds is 10. The molecule has 174 valence electrons. The summed E-state index contributed by atoms with van der Waals surface area (Å²) in [4.78, 5) is 42.1. The van der Waals surface area contributed by atoms with Crippen LogP contribution in [0.2, 0.25) is 0 Å². The maximum absolute atomic E-state index is 13.4. The smallest absolute Gasteiger partial charge is 0.354 e. The van der Waals surface area contributed by atoms with Crippen molar-refractivity contribution >= 4 is 28.6 Å². The molecule has 8 nitrogen and oxygen atoms in total. The molecule has 8 heteroatoms. The van der Waals surface area contributed by atoms with Crippen molar-refractivity contribution in [2.75, 3.05) is 20.3 Å². The third-order valence-corrected chi connectivity index (χ3v) is 5.46. The molecular formula is C25H28N2O6. The Morgan fingerprint density at radius 1 is 1.12 bits per heavy atom. The molecule has 0 saturated carbocycles.